The van der Waals surface area contributed by atoms with Crippen LogP contribution in [0.4, 0.5) is 5.82 Å². The van der Waals surface area contributed by atoms with Crippen LogP contribution in [0.25, 0.3) is 10.8 Å². The number of fused-ring (bicyclic) bond motifs is 1. The van der Waals surface area contributed by atoms with Gasteiger partial charge >= 0.3 is 5.97 Å². The van der Waals surface area contributed by atoms with E-state index >= 15 is 0 Å². The highest BCUT2D eigenvalue weighted by Crippen LogP contribution is 2.23. The molecule has 2 rings (SSSR count). The molecule has 4 nitrogen and oxygen atoms in total. The second-order valence-electron chi connectivity index (χ2n) is 4.27. The highest BCUT2D eigenvalue weighted by atomic mass is 16.4. The maximum atomic E-state index is 10.5. The fourth-order valence-corrected chi connectivity index (χ4v) is 1.98. The standard InChI is InChI=1S/C14H16N2O2/c1-16(10-4-7-13(17)18)14-12-6-3-2-5-11(12)8-9-15-14/h2-3,5-6,8-9H,4,7,10H2,1H3,(H,17,18). The van der Waals surface area contributed by atoms with Crippen molar-refractivity contribution in [2.45, 2.75) is 12.8 Å². The third kappa shape index (κ3) is 2.77. The van der Waals surface area contributed by atoms with Gasteiger partial charge < -0.3 is 10.0 Å². The highest BCUT2D eigenvalue weighted by molar-refractivity contribution is 5.91. The van der Waals surface area contributed by atoms with Gasteiger partial charge in [0, 0.05) is 31.6 Å². The van der Waals surface area contributed by atoms with Crippen LogP contribution in [0, 0.1) is 0 Å². The molecule has 1 N–H and O–H groups in total. The molecular formula is C14H16N2O2. The van der Waals surface area contributed by atoms with E-state index in [1.165, 1.54) is 0 Å². The maximum absolute atomic E-state index is 10.5. The van der Waals surface area contributed by atoms with E-state index in [-0.39, 0.29) is 6.42 Å². The van der Waals surface area contributed by atoms with Gasteiger partial charge in [-0.25, -0.2) is 4.98 Å². The van der Waals surface area contributed by atoms with Gasteiger partial charge in [-0.2, -0.15) is 0 Å². The molecule has 0 atom stereocenters. The fourth-order valence-electron chi connectivity index (χ4n) is 1.98. The van der Waals surface area contributed by atoms with Gasteiger partial charge in [-0.05, 0) is 17.9 Å². The molecule has 1 heterocycles. The van der Waals surface area contributed by atoms with Crippen LogP contribution >= 0.6 is 0 Å². The van der Waals surface area contributed by atoms with E-state index in [2.05, 4.69) is 4.98 Å². The second kappa shape index (κ2) is 5.49. The Labute approximate surface area is 106 Å². The Kier molecular flexibility index (Phi) is 3.77. The molecule has 18 heavy (non-hydrogen) atoms. The minimum atomic E-state index is -0.755. The maximum Gasteiger partial charge on any atom is 0.303 e. The van der Waals surface area contributed by atoms with E-state index in [0.29, 0.717) is 13.0 Å². The molecule has 0 fully saturated rings. The van der Waals surface area contributed by atoms with Gasteiger partial charge in [0.1, 0.15) is 5.82 Å². The van der Waals surface area contributed by atoms with Gasteiger partial charge in [0.05, 0.1) is 0 Å². The first-order valence-electron chi connectivity index (χ1n) is 5.95. The average molecular weight is 244 g/mol. The number of rotatable bonds is 5. The predicted molar refractivity (Wildman–Crippen MR) is 71.9 cm³/mol. The molecule has 0 unspecified atom stereocenters. The van der Waals surface area contributed by atoms with E-state index in [4.69, 9.17) is 5.11 Å². The van der Waals surface area contributed by atoms with Crippen LogP contribution in [0.5, 0.6) is 0 Å². The van der Waals surface area contributed by atoms with Crippen molar-refractivity contribution < 1.29 is 9.90 Å². The molecule has 94 valence electrons. The minimum absolute atomic E-state index is 0.190. The van der Waals surface area contributed by atoms with E-state index < -0.39 is 5.97 Å². The summed E-state index contributed by atoms with van der Waals surface area (Å²) >= 11 is 0. The van der Waals surface area contributed by atoms with Gasteiger partial charge in [-0.15, -0.1) is 0 Å². The number of carboxylic acids is 1. The van der Waals surface area contributed by atoms with Crippen LogP contribution < -0.4 is 4.90 Å². The number of carboxylic acid groups (broad SMARTS) is 1. The van der Waals surface area contributed by atoms with Crippen molar-refractivity contribution in [1.82, 2.24) is 4.98 Å². The highest BCUT2D eigenvalue weighted by Gasteiger charge is 2.07. The predicted octanol–water partition coefficient (Wildman–Crippen LogP) is 2.54. The number of anilines is 1. The molecule has 0 radical (unpaired) electrons. The summed E-state index contributed by atoms with van der Waals surface area (Å²) in [5, 5.41) is 10.9. The second-order valence-corrected chi connectivity index (χ2v) is 4.27. The molecule has 1 aromatic carbocycles. The van der Waals surface area contributed by atoms with E-state index in [1.807, 2.05) is 42.3 Å². The van der Waals surface area contributed by atoms with Gasteiger partial charge in [-0.3, -0.25) is 4.79 Å². The molecule has 1 aromatic heterocycles. The number of nitrogens with zero attached hydrogens (tertiary/aromatic N) is 2. The molecule has 0 saturated carbocycles. The van der Waals surface area contributed by atoms with Crippen molar-refractivity contribution in [2.24, 2.45) is 0 Å². The summed E-state index contributed by atoms with van der Waals surface area (Å²) in [6, 6.07) is 10.0. The monoisotopic (exact) mass is 244 g/mol. The number of carbonyl (C=O) groups is 1. The number of aromatic nitrogens is 1. The molecule has 0 bridgehead atoms. The molecule has 0 amide bonds. The molecule has 4 heteroatoms. The lowest BCUT2D eigenvalue weighted by molar-refractivity contribution is -0.137. The van der Waals surface area contributed by atoms with Crippen LogP contribution in [0.15, 0.2) is 36.5 Å². The summed E-state index contributed by atoms with van der Waals surface area (Å²) in [6.07, 6.45) is 2.59. The molecular weight excluding hydrogens is 228 g/mol. The summed E-state index contributed by atoms with van der Waals surface area (Å²) in [5.41, 5.74) is 0. The van der Waals surface area contributed by atoms with Crippen molar-refractivity contribution in [3.8, 4) is 0 Å². The lowest BCUT2D eigenvalue weighted by atomic mass is 10.1. The Bertz CT molecular complexity index is 549. The zero-order valence-corrected chi connectivity index (χ0v) is 10.3. The third-order valence-electron chi connectivity index (χ3n) is 2.90. The lowest BCUT2D eigenvalue weighted by Gasteiger charge is -2.19. The Balaban J connectivity index is 2.17. The van der Waals surface area contributed by atoms with E-state index in [0.717, 1.165) is 16.6 Å². The number of hydrogen-bond donors (Lipinski definition) is 1. The molecule has 0 spiro atoms. The summed E-state index contributed by atoms with van der Waals surface area (Å²) in [5.74, 6) is 0.146. The quantitative estimate of drug-likeness (QED) is 0.878. The normalized spacial score (nSPS) is 10.5. The Morgan fingerprint density at radius 2 is 2.11 bits per heavy atom. The van der Waals surface area contributed by atoms with Crippen molar-refractivity contribution in [3.63, 3.8) is 0 Å². The smallest absolute Gasteiger partial charge is 0.303 e. The summed E-state index contributed by atoms with van der Waals surface area (Å²) in [6.45, 7) is 0.688. The van der Waals surface area contributed by atoms with Crippen LogP contribution in [-0.2, 0) is 4.79 Å². The summed E-state index contributed by atoms with van der Waals surface area (Å²) in [7, 11) is 1.94. The molecule has 0 aliphatic heterocycles. The Hall–Kier alpha value is -2.10. The van der Waals surface area contributed by atoms with Crippen LogP contribution in [0.3, 0.4) is 0 Å². The van der Waals surface area contributed by atoms with Crippen LogP contribution in [0.2, 0.25) is 0 Å². The van der Waals surface area contributed by atoms with E-state index in [1.54, 1.807) is 6.20 Å². The van der Waals surface area contributed by atoms with Crippen LogP contribution in [-0.4, -0.2) is 29.7 Å². The molecule has 0 aliphatic rings. The average Bonchev–Trinajstić information content (AvgIpc) is 2.37. The van der Waals surface area contributed by atoms with Gasteiger partial charge in [-0.1, -0.05) is 24.3 Å². The van der Waals surface area contributed by atoms with Gasteiger partial charge in [0.15, 0.2) is 0 Å². The summed E-state index contributed by atoms with van der Waals surface area (Å²) < 4.78 is 0. The SMILES string of the molecule is CN(CCCC(=O)O)c1nccc2ccccc12. The van der Waals surface area contributed by atoms with Gasteiger partial charge in [0.25, 0.3) is 0 Å². The number of benzene rings is 1. The number of hydrogen-bond acceptors (Lipinski definition) is 3. The fraction of sp³-hybridized carbons (Fsp3) is 0.286. The van der Waals surface area contributed by atoms with Gasteiger partial charge in [0.2, 0.25) is 0 Å². The zero-order valence-electron chi connectivity index (χ0n) is 10.3. The Morgan fingerprint density at radius 3 is 2.89 bits per heavy atom. The first-order chi connectivity index (χ1) is 8.68. The third-order valence-corrected chi connectivity index (χ3v) is 2.90. The first kappa shape index (κ1) is 12.4. The summed E-state index contributed by atoms with van der Waals surface area (Å²) in [4.78, 5) is 16.9. The van der Waals surface area contributed by atoms with Crippen molar-refractivity contribution in [2.75, 3.05) is 18.5 Å². The zero-order chi connectivity index (χ0) is 13.0. The first-order valence-corrected chi connectivity index (χ1v) is 5.95. The minimum Gasteiger partial charge on any atom is -0.481 e. The van der Waals surface area contributed by atoms with Crippen molar-refractivity contribution in [3.05, 3.63) is 36.5 Å². The van der Waals surface area contributed by atoms with Crippen molar-refractivity contribution >= 4 is 22.6 Å². The van der Waals surface area contributed by atoms with Crippen LogP contribution in [0.1, 0.15) is 12.8 Å². The number of pyridine rings is 1. The molecule has 2 aromatic rings. The Morgan fingerprint density at radius 1 is 1.33 bits per heavy atom. The molecule has 0 aliphatic carbocycles. The largest absolute Gasteiger partial charge is 0.481 e. The lowest BCUT2D eigenvalue weighted by Crippen LogP contribution is -2.20. The topological polar surface area (TPSA) is 53.4 Å². The number of aliphatic carboxylic acids is 1. The van der Waals surface area contributed by atoms with Crippen molar-refractivity contribution in [1.29, 1.82) is 0 Å². The molecule has 0 saturated heterocycles. The van der Waals surface area contributed by atoms with E-state index in [9.17, 15) is 4.79 Å².